The van der Waals surface area contributed by atoms with Gasteiger partial charge in [-0.05, 0) is 13.0 Å². The molecule has 1 heterocycles. The summed E-state index contributed by atoms with van der Waals surface area (Å²) in [6.07, 6.45) is 2.54. The fraction of sp³-hybridized carbons (Fsp3) is 0.750. The lowest BCUT2D eigenvalue weighted by Gasteiger charge is -2.04. The number of nitrogens with zero attached hydrogens (tertiary/aromatic N) is 3. The van der Waals surface area contributed by atoms with E-state index in [2.05, 4.69) is 14.8 Å². The molecule has 3 N–H and O–H groups in total. The number of rotatable bonds is 7. The van der Waals surface area contributed by atoms with Crippen LogP contribution in [0.3, 0.4) is 0 Å². The molecule has 0 fully saturated rings. The van der Waals surface area contributed by atoms with Crippen molar-refractivity contribution in [3.05, 3.63) is 12.2 Å². The first-order chi connectivity index (χ1) is 7.53. The summed E-state index contributed by atoms with van der Waals surface area (Å²) in [4.78, 5) is 3.99. The van der Waals surface area contributed by atoms with Gasteiger partial charge in [0.2, 0.25) is 10.0 Å². The molecule has 8 heteroatoms. The van der Waals surface area contributed by atoms with E-state index in [1.807, 2.05) is 0 Å². The first-order valence-corrected chi connectivity index (χ1v) is 6.70. The summed E-state index contributed by atoms with van der Waals surface area (Å²) in [6, 6.07) is 0. The van der Waals surface area contributed by atoms with Crippen LogP contribution >= 0.6 is 0 Å². The number of nitrogens with one attached hydrogen (secondary N) is 1. The molecule has 0 radical (unpaired) electrons. The molecule has 1 rings (SSSR count). The molecule has 0 aliphatic heterocycles. The molecule has 0 aliphatic rings. The van der Waals surface area contributed by atoms with Crippen LogP contribution < -0.4 is 10.5 Å². The van der Waals surface area contributed by atoms with Gasteiger partial charge in [-0.2, -0.15) is 5.10 Å². The van der Waals surface area contributed by atoms with Crippen molar-refractivity contribution in [1.29, 1.82) is 0 Å². The van der Waals surface area contributed by atoms with E-state index in [0.29, 0.717) is 31.8 Å². The third-order valence-corrected chi connectivity index (χ3v) is 3.40. The minimum absolute atomic E-state index is 0.0686. The van der Waals surface area contributed by atoms with Gasteiger partial charge >= 0.3 is 0 Å². The van der Waals surface area contributed by atoms with Gasteiger partial charge in [-0.1, -0.05) is 0 Å². The highest BCUT2D eigenvalue weighted by molar-refractivity contribution is 7.89. The van der Waals surface area contributed by atoms with Crippen LogP contribution in [0.1, 0.15) is 12.2 Å². The lowest BCUT2D eigenvalue weighted by molar-refractivity contribution is 0.578. The van der Waals surface area contributed by atoms with E-state index in [1.54, 1.807) is 18.1 Å². The predicted molar refractivity (Wildman–Crippen MR) is 60.2 cm³/mol. The van der Waals surface area contributed by atoms with Gasteiger partial charge in [-0.15, -0.1) is 0 Å². The molecule has 1 aromatic heterocycles. The Balaban J connectivity index is 2.29. The van der Waals surface area contributed by atoms with Crippen LogP contribution in [-0.4, -0.2) is 42.0 Å². The van der Waals surface area contributed by atoms with Crippen LogP contribution in [0.4, 0.5) is 0 Å². The van der Waals surface area contributed by atoms with E-state index in [4.69, 9.17) is 5.73 Å². The van der Waals surface area contributed by atoms with Crippen LogP contribution in [0.15, 0.2) is 6.33 Å². The van der Waals surface area contributed by atoms with Crippen LogP contribution in [0.2, 0.25) is 0 Å². The van der Waals surface area contributed by atoms with Gasteiger partial charge in [-0.3, -0.25) is 4.68 Å². The molecule has 0 amide bonds. The van der Waals surface area contributed by atoms with E-state index < -0.39 is 10.0 Å². The zero-order valence-electron chi connectivity index (χ0n) is 9.26. The molecule has 92 valence electrons. The maximum absolute atomic E-state index is 11.4. The molecular formula is C8H17N5O2S. The van der Waals surface area contributed by atoms with Crippen molar-refractivity contribution in [3.63, 3.8) is 0 Å². The Morgan fingerprint density at radius 1 is 1.56 bits per heavy atom. The summed E-state index contributed by atoms with van der Waals surface area (Å²) < 4.78 is 26.8. The second kappa shape index (κ2) is 5.92. The average molecular weight is 247 g/mol. The summed E-state index contributed by atoms with van der Waals surface area (Å²) in [5, 5.41) is 4.04. The molecule has 0 aliphatic carbocycles. The van der Waals surface area contributed by atoms with Gasteiger partial charge in [0.15, 0.2) is 5.82 Å². The van der Waals surface area contributed by atoms with Crippen LogP contribution in [0.5, 0.6) is 0 Å². The van der Waals surface area contributed by atoms with Crippen molar-refractivity contribution in [3.8, 4) is 0 Å². The average Bonchev–Trinajstić information content (AvgIpc) is 2.61. The number of aromatic nitrogens is 3. The van der Waals surface area contributed by atoms with Gasteiger partial charge in [0, 0.05) is 20.0 Å². The maximum Gasteiger partial charge on any atom is 0.211 e. The van der Waals surface area contributed by atoms with Crippen LogP contribution in [-0.2, 0) is 23.5 Å². The zero-order chi connectivity index (χ0) is 12.0. The molecule has 0 saturated heterocycles. The van der Waals surface area contributed by atoms with Crippen molar-refractivity contribution >= 4 is 10.0 Å². The van der Waals surface area contributed by atoms with E-state index >= 15 is 0 Å². The van der Waals surface area contributed by atoms with Crippen LogP contribution in [0.25, 0.3) is 0 Å². The topological polar surface area (TPSA) is 103 Å². The molecule has 7 nitrogen and oxygen atoms in total. The fourth-order valence-corrected chi connectivity index (χ4v) is 2.27. The van der Waals surface area contributed by atoms with Gasteiger partial charge < -0.3 is 5.73 Å². The summed E-state index contributed by atoms with van der Waals surface area (Å²) in [5.74, 6) is 0.697. The van der Waals surface area contributed by atoms with E-state index in [9.17, 15) is 8.42 Å². The monoisotopic (exact) mass is 247 g/mol. The van der Waals surface area contributed by atoms with E-state index in [0.717, 1.165) is 0 Å². The number of hydrogen-bond acceptors (Lipinski definition) is 5. The molecule has 0 atom stereocenters. The quantitative estimate of drug-likeness (QED) is 0.618. The molecule has 16 heavy (non-hydrogen) atoms. The third-order valence-electron chi connectivity index (χ3n) is 1.93. The number of aryl methyl sites for hydroxylation is 1. The predicted octanol–water partition coefficient (Wildman–Crippen LogP) is -1.37. The third kappa shape index (κ3) is 4.69. The Hall–Kier alpha value is -0.990. The molecule has 0 saturated carbocycles. The normalized spacial score (nSPS) is 11.9. The Kier molecular flexibility index (Phi) is 4.84. The number of hydrogen-bond donors (Lipinski definition) is 2. The minimum atomic E-state index is -3.20. The first-order valence-electron chi connectivity index (χ1n) is 5.05. The van der Waals surface area contributed by atoms with Gasteiger partial charge in [0.25, 0.3) is 0 Å². The molecule has 1 aromatic rings. The standard InChI is InChI=1S/C8H17N5O2S/c1-13-7-10-8(12-13)3-5-11-16(14,15)6-2-4-9/h7,11H,2-6,9H2,1H3. The lowest BCUT2D eigenvalue weighted by atomic mass is 10.4. The van der Waals surface area contributed by atoms with Gasteiger partial charge in [0.1, 0.15) is 6.33 Å². The van der Waals surface area contributed by atoms with E-state index in [1.165, 1.54) is 0 Å². The van der Waals surface area contributed by atoms with Crippen molar-refractivity contribution in [1.82, 2.24) is 19.5 Å². The molecule has 0 aromatic carbocycles. The zero-order valence-corrected chi connectivity index (χ0v) is 10.1. The van der Waals surface area contributed by atoms with E-state index in [-0.39, 0.29) is 5.75 Å². The first kappa shape index (κ1) is 13.1. The van der Waals surface area contributed by atoms with Crippen LogP contribution in [0, 0.1) is 0 Å². The highest BCUT2D eigenvalue weighted by atomic mass is 32.2. The Labute approximate surface area is 95.1 Å². The Morgan fingerprint density at radius 3 is 2.88 bits per heavy atom. The largest absolute Gasteiger partial charge is 0.330 e. The lowest BCUT2D eigenvalue weighted by Crippen LogP contribution is -2.29. The summed E-state index contributed by atoms with van der Waals surface area (Å²) >= 11 is 0. The molecular weight excluding hydrogens is 230 g/mol. The molecule has 0 unspecified atom stereocenters. The fourth-order valence-electron chi connectivity index (χ4n) is 1.16. The Morgan fingerprint density at radius 2 is 2.31 bits per heavy atom. The smallest absolute Gasteiger partial charge is 0.211 e. The minimum Gasteiger partial charge on any atom is -0.330 e. The summed E-state index contributed by atoms with van der Waals surface area (Å²) in [5.41, 5.74) is 5.24. The SMILES string of the molecule is Cn1cnc(CCNS(=O)(=O)CCCN)n1. The summed E-state index contributed by atoms with van der Waals surface area (Å²) in [7, 11) is -1.43. The van der Waals surface area contributed by atoms with Crippen molar-refractivity contribution in [2.45, 2.75) is 12.8 Å². The second-order valence-electron chi connectivity index (χ2n) is 3.44. The highest BCUT2D eigenvalue weighted by Gasteiger charge is 2.09. The molecule has 0 bridgehead atoms. The maximum atomic E-state index is 11.4. The molecule has 0 spiro atoms. The van der Waals surface area contributed by atoms with Gasteiger partial charge in [0.05, 0.1) is 5.75 Å². The number of nitrogens with two attached hydrogens (primary N) is 1. The second-order valence-corrected chi connectivity index (χ2v) is 5.37. The highest BCUT2D eigenvalue weighted by Crippen LogP contribution is 1.91. The van der Waals surface area contributed by atoms with Crippen molar-refractivity contribution in [2.24, 2.45) is 12.8 Å². The number of sulfonamides is 1. The van der Waals surface area contributed by atoms with Crippen molar-refractivity contribution < 1.29 is 8.42 Å². The van der Waals surface area contributed by atoms with Crippen molar-refractivity contribution in [2.75, 3.05) is 18.8 Å². The summed E-state index contributed by atoms with van der Waals surface area (Å²) in [6.45, 7) is 0.694. The Bertz CT molecular complexity index is 414. The van der Waals surface area contributed by atoms with Gasteiger partial charge in [-0.25, -0.2) is 18.1 Å².